The first-order valence-corrected chi connectivity index (χ1v) is 5.42. The summed E-state index contributed by atoms with van der Waals surface area (Å²) in [5.74, 6) is -2.33. The lowest BCUT2D eigenvalue weighted by atomic mass is 10.0. The summed E-state index contributed by atoms with van der Waals surface area (Å²) in [5.41, 5.74) is 0. The van der Waals surface area contributed by atoms with Gasteiger partial charge in [-0.3, -0.25) is 0 Å². The van der Waals surface area contributed by atoms with Gasteiger partial charge in [0.25, 0.3) is 0 Å². The van der Waals surface area contributed by atoms with E-state index in [1.54, 1.807) is 0 Å². The first-order valence-electron chi connectivity index (χ1n) is 5.42. The van der Waals surface area contributed by atoms with Crippen LogP contribution in [0.1, 0.15) is 13.8 Å². The third-order valence-electron chi connectivity index (χ3n) is 2.05. The number of hydrogen-bond acceptors (Lipinski definition) is 8. The van der Waals surface area contributed by atoms with Crippen LogP contribution < -0.4 is 0 Å². The van der Waals surface area contributed by atoms with Gasteiger partial charge < -0.3 is 29.9 Å². The van der Waals surface area contributed by atoms with Crippen molar-refractivity contribution in [3.63, 3.8) is 0 Å². The lowest BCUT2D eigenvalue weighted by Crippen LogP contribution is -2.50. The predicted octanol–water partition coefficient (Wildman–Crippen LogP) is -2.44. The Morgan fingerprint density at radius 1 is 0.833 bits per heavy atom. The fourth-order valence-corrected chi connectivity index (χ4v) is 1.11. The maximum atomic E-state index is 11.1. The molecule has 0 rings (SSSR count). The minimum atomic E-state index is -2.07. The smallest absolute Gasteiger partial charge is 0.337 e. The molecule has 18 heavy (non-hydrogen) atoms. The van der Waals surface area contributed by atoms with Crippen molar-refractivity contribution >= 4 is 11.9 Å². The van der Waals surface area contributed by atoms with Crippen LogP contribution in [0.4, 0.5) is 0 Å². The van der Waals surface area contributed by atoms with Crippen molar-refractivity contribution in [3.05, 3.63) is 0 Å². The fourth-order valence-electron chi connectivity index (χ4n) is 1.11. The zero-order chi connectivity index (χ0) is 14.3. The maximum Gasteiger partial charge on any atom is 0.337 e. The number of rotatable bonds is 7. The van der Waals surface area contributed by atoms with Crippen LogP contribution in [0.25, 0.3) is 0 Å². The fraction of sp³-hybridized carbons (Fsp3) is 0.800. The predicted molar refractivity (Wildman–Crippen MR) is 57.3 cm³/mol. The molecule has 0 aromatic heterocycles. The van der Waals surface area contributed by atoms with Gasteiger partial charge in [-0.1, -0.05) is 0 Å². The highest BCUT2D eigenvalue weighted by Crippen LogP contribution is 2.08. The molecular weight excluding hydrogens is 248 g/mol. The number of carbonyl (C=O) groups excluding carboxylic acids is 2. The molecule has 0 amide bonds. The zero-order valence-electron chi connectivity index (χ0n) is 10.1. The second-order valence-corrected chi connectivity index (χ2v) is 3.37. The van der Waals surface area contributed by atoms with Gasteiger partial charge in [-0.2, -0.15) is 0 Å². The number of hydrogen-bond donors (Lipinski definition) is 4. The molecule has 0 radical (unpaired) electrons. The van der Waals surface area contributed by atoms with Crippen molar-refractivity contribution < 1.29 is 39.5 Å². The van der Waals surface area contributed by atoms with Crippen LogP contribution in [-0.2, 0) is 19.1 Å². The average molecular weight is 266 g/mol. The minimum Gasteiger partial charge on any atom is -0.464 e. The molecule has 4 unspecified atom stereocenters. The standard InChI is InChI=1S/C10H18O8/c1-3-17-9(15)7(13)5(11)6(12)8(14)10(16)18-4-2/h5-8,11-14H,3-4H2,1-2H3. The molecule has 0 aromatic carbocycles. The summed E-state index contributed by atoms with van der Waals surface area (Å²) in [6, 6.07) is 0. The molecule has 0 fully saturated rings. The summed E-state index contributed by atoms with van der Waals surface area (Å²) in [6.45, 7) is 2.92. The van der Waals surface area contributed by atoms with Crippen molar-refractivity contribution in [1.82, 2.24) is 0 Å². The Balaban J connectivity index is 4.52. The molecule has 0 heterocycles. The van der Waals surface area contributed by atoms with Crippen molar-refractivity contribution in [2.24, 2.45) is 0 Å². The topological polar surface area (TPSA) is 134 Å². The maximum absolute atomic E-state index is 11.1. The van der Waals surface area contributed by atoms with Crippen molar-refractivity contribution in [2.45, 2.75) is 38.3 Å². The Labute approximate surface area is 104 Å². The first kappa shape index (κ1) is 16.8. The molecule has 4 N–H and O–H groups in total. The molecule has 0 bridgehead atoms. The Hall–Kier alpha value is -1.22. The zero-order valence-corrected chi connectivity index (χ0v) is 10.1. The van der Waals surface area contributed by atoms with Gasteiger partial charge in [0.1, 0.15) is 12.2 Å². The van der Waals surface area contributed by atoms with Gasteiger partial charge in [0.15, 0.2) is 12.2 Å². The largest absolute Gasteiger partial charge is 0.464 e. The Morgan fingerprint density at radius 2 is 1.11 bits per heavy atom. The molecule has 106 valence electrons. The van der Waals surface area contributed by atoms with Gasteiger partial charge in [-0.25, -0.2) is 9.59 Å². The normalized spacial score (nSPS) is 17.4. The van der Waals surface area contributed by atoms with Crippen LogP contribution in [0.15, 0.2) is 0 Å². The lowest BCUT2D eigenvalue weighted by molar-refractivity contribution is -0.178. The number of ether oxygens (including phenoxy) is 2. The monoisotopic (exact) mass is 266 g/mol. The van der Waals surface area contributed by atoms with E-state index in [9.17, 15) is 30.0 Å². The number of esters is 2. The molecule has 8 nitrogen and oxygen atoms in total. The van der Waals surface area contributed by atoms with Gasteiger partial charge in [0.2, 0.25) is 0 Å². The van der Waals surface area contributed by atoms with Crippen LogP contribution in [0.2, 0.25) is 0 Å². The summed E-state index contributed by atoms with van der Waals surface area (Å²) >= 11 is 0. The summed E-state index contributed by atoms with van der Waals surface area (Å²) in [4.78, 5) is 22.1. The summed E-state index contributed by atoms with van der Waals surface area (Å²) < 4.78 is 8.81. The Kier molecular flexibility index (Phi) is 7.44. The minimum absolute atomic E-state index is 0.0286. The lowest BCUT2D eigenvalue weighted by Gasteiger charge is -2.24. The quantitative estimate of drug-likeness (QED) is 0.373. The average Bonchev–Trinajstić information content (AvgIpc) is 2.35. The van der Waals surface area contributed by atoms with Gasteiger partial charge in [-0.05, 0) is 13.8 Å². The van der Waals surface area contributed by atoms with E-state index in [-0.39, 0.29) is 13.2 Å². The summed E-state index contributed by atoms with van der Waals surface area (Å²) in [7, 11) is 0. The van der Waals surface area contributed by atoms with Crippen LogP contribution in [-0.4, -0.2) is 70.0 Å². The highest BCUT2D eigenvalue weighted by atomic mass is 16.6. The highest BCUT2D eigenvalue weighted by Gasteiger charge is 2.38. The van der Waals surface area contributed by atoms with Crippen molar-refractivity contribution in [2.75, 3.05) is 13.2 Å². The Morgan fingerprint density at radius 3 is 1.33 bits per heavy atom. The first-order chi connectivity index (χ1) is 8.36. The molecule has 0 aliphatic carbocycles. The molecule has 4 atom stereocenters. The van der Waals surface area contributed by atoms with E-state index in [0.29, 0.717) is 0 Å². The van der Waals surface area contributed by atoms with Crippen LogP contribution in [0.3, 0.4) is 0 Å². The van der Waals surface area contributed by atoms with Gasteiger partial charge in [-0.15, -0.1) is 0 Å². The van der Waals surface area contributed by atoms with Crippen LogP contribution in [0.5, 0.6) is 0 Å². The second-order valence-electron chi connectivity index (χ2n) is 3.37. The third kappa shape index (κ3) is 4.57. The van der Waals surface area contributed by atoms with Crippen molar-refractivity contribution in [3.8, 4) is 0 Å². The van der Waals surface area contributed by atoms with Gasteiger partial charge in [0, 0.05) is 0 Å². The third-order valence-corrected chi connectivity index (χ3v) is 2.05. The molecule has 0 saturated heterocycles. The summed E-state index contributed by atoms with van der Waals surface area (Å²) in [6.07, 6.45) is -8.26. The molecule has 8 heteroatoms. The van der Waals surface area contributed by atoms with Crippen molar-refractivity contribution in [1.29, 1.82) is 0 Å². The van der Waals surface area contributed by atoms with E-state index < -0.39 is 36.4 Å². The van der Waals surface area contributed by atoms with Gasteiger partial charge in [0.05, 0.1) is 13.2 Å². The van der Waals surface area contributed by atoms with E-state index in [1.807, 2.05) is 0 Å². The van der Waals surface area contributed by atoms with Crippen LogP contribution >= 0.6 is 0 Å². The number of aliphatic hydroxyl groups excluding tert-OH is 4. The molecular formula is C10H18O8. The molecule has 0 aliphatic rings. The molecule has 0 aliphatic heterocycles. The summed E-state index contributed by atoms with van der Waals surface area (Å²) in [5, 5.41) is 37.4. The van der Waals surface area contributed by atoms with Crippen LogP contribution in [0, 0.1) is 0 Å². The second kappa shape index (κ2) is 7.98. The number of aliphatic hydroxyl groups is 4. The van der Waals surface area contributed by atoms with E-state index in [4.69, 9.17) is 0 Å². The Bertz CT molecular complexity index is 251. The van der Waals surface area contributed by atoms with E-state index in [1.165, 1.54) is 13.8 Å². The molecule has 0 saturated carbocycles. The van der Waals surface area contributed by atoms with Gasteiger partial charge >= 0.3 is 11.9 Å². The number of carbonyl (C=O) groups is 2. The molecule has 0 spiro atoms. The molecule has 0 aromatic rings. The van der Waals surface area contributed by atoms with E-state index in [2.05, 4.69) is 9.47 Å². The highest BCUT2D eigenvalue weighted by molar-refractivity contribution is 5.77. The van der Waals surface area contributed by atoms with E-state index >= 15 is 0 Å². The van der Waals surface area contributed by atoms with E-state index in [0.717, 1.165) is 0 Å². The SMILES string of the molecule is CCOC(=O)C(O)C(O)C(O)C(O)C(=O)OCC.